The molecule has 1 aliphatic heterocycles. The Morgan fingerprint density at radius 1 is 1.26 bits per heavy atom. The van der Waals surface area contributed by atoms with Crippen molar-refractivity contribution in [1.29, 1.82) is 0 Å². The molecule has 0 bridgehead atoms. The Bertz CT molecular complexity index is 863. The summed E-state index contributed by atoms with van der Waals surface area (Å²) in [6, 6.07) is 5.05. The molecule has 0 saturated carbocycles. The number of carbonyl (C=O) groups excluding carboxylic acids is 1. The van der Waals surface area contributed by atoms with Gasteiger partial charge in [0, 0.05) is 25.2 Å². The molecule has 0 unspecified atom stereocenters. The standard InChI is InChI=1S/C19H24ClN3O3S/c1-26-11-10-23-18(25)15-7-6-14(20)12-16(15)21-19(23)27-13-17(24)22-8-4-2-3-5-9-22/h6-7,12H,2-5,8-11,13H2,1H3. The Kier molecular flexibility index (Phi) is 7.15. The molecule has 146 valence electrons. The molecule has 0 aliphatic carbocycles. The third-order valence-electron chi connectivity index (χ3n) is 4.68. The zero-order valence-corrected chi connectivity index (χ0v) is 17.0. The minimum atomic E-state index is -0.140. The van der Waals surface area contributed by atoms with Crippen LogP contribution in [0.2, 0.25) is 5.02 Å². The van der Waals surface area contributed by atoms with Crippen LogP contribution < -0.4 is 5.56 Å². The van der Waals surface area contributed by atoms with Gasteiger partial charge in [0.2, 0.25) is 5.91 Å². The lowest BCUT2D eigenvalue weighted by molar-refractivity contribution is -0.128. The van der Waals surface area contributed by atoms with Gasteiger partial charge in [0.05, 0.1) is 29.8 Å². The van der Waals surface area contributed by atoms with Gasteiger partial charge >= 0.3 is 0 Å². The first-order valence-electron chi connectivity index (χ1n) is 9.20. The van der Waals surface area contributed by atoms with E-state index in [4.69, 9.17) is 16.3 Å². The normalized spacial score (nSPS) is 15.1. The van der Waals surface area contributed by atoms with Gasteiger partial charge in [-0.05, 0) is 31.0 Å². The van der Waals surface area contributed by atoms with E-state index in [9.17, 15) is 9.59 Å². The topological polar surface area (TPSA) is 64.4 Å². The zero-order chi connectivity index (χ0) is 19.2. The lowest BCUT2D eigenvalue weighted by atomic mass is 10.2. The molecule has 1 amide bonds. The highest BCUT2D eigenvalue weighted by Gasteiger charge is 2.18. The highest BCUT2D eigenvalue weighted by atomic mass is 35.5. The number of amides is 1. The van der Waals surface area contributed by atoms with Crippen LogP contribution in [0.1, 0.15) is 25.7 Å². The van der Waals surface area contributed by atoms with Crippen LogP contribution in [0.25, 0.3) is 10.9 Å². The Balaban J connectivity index is 1.84. The van der Waals surface area contributed by atoms with Crippen molar-refractivity contribution in [3.8, 4) is 0 Å². The van der Waals surface area contributed by atoms with Gasteiger partial charge in [-0.3, -0.25) is 14.2 Å². The van der Waals surface area contributed by atoms with E-state index in [2.05, 4.69) is 4.98 Å². The molecule has 0 spiro atoms. The van der Waals surface area contributed by atoms with Crippen molar-refractivity contribution in [3.63, 3.8) is 0 Å². The van der Waals surface area contributed by atoms with Crippen molar-refractivity contribution in [1.82, 2.24) is 14.5 Å². The molecule has 2 aromatic rings. The van der Waals surface area contributed by atoms with Crippen molar-refractivity contribution in [2.45, 2.75) is 37.4 Å². The number of thioether (sulfide) groups is 1. The fourth-order valence-electron chi connectivity index (χ4n) is 3.20. The lowest BCUT2D eigenvalue weighted by Gasteiger charge is -2.20. The zero-order valence-electron chi connectivity index (χ0n) is 15.4. The summed E-state index contributed by atoms with van der Waals surface area (Å²) in [6.07, 6.45) is 4.48. The highest BCUT2D eigenvalue weighted by Crippen LogP contribution is 2.21. The van der Waals surface area contributed by atoms with E-state index < -0.39 is 0 Å². The van der Waals surface area contributed by atoms with Gasteiger partial charge in [-0.2, -0.15) is 0 Å². The average Bonchev–Trinajstić information content (AvgIpc) is 2.95. The molecule has 3 rings (SSSR count). The molecule has 1 saturated heterocycles. The van der Waals surface area contributed by atoms with Gasteiger partial charge < -0.3 is 9.64 Å². The summed E-state index contributed by atoms with van der Waals surface area (Å²) in [7, 11) is 1.59. The van der Waals surface area contributed by atoms with Crippen molar-refractivity contribution in [2.75, 3.05) is 32.6 Å². The third-order valence-corrected chi connectivity index (χ3v) is 5.88. The number of likely N-dealkylation sites (tertiary alicyclic amines) is 1. The third kappa shape index (κ3) is 5.03. The number of methoxy groups -OCH3 is 1. The monoisotopic (exact) mass is 409 g/mol. The predicted octanol–water partition coefficient (Wildman–Crippen LogP) is 3.19. The summed E-state index contributed by atoms with van der Waals surface area (Å²) in [4.78, 5) is 32.0. The van der Waals surface area contributed by atoms with Crippen LogP contribution >= 0.6 is 23.4 Å². The fraction of sp³-hybridized carbons (Fsp3) is 0.526. The summed E-state index contributed by atoms with van der Waals surface area (Å²) in [5.41, 5.74) is 0.407. The number of nitrogens with zero attached hydrogens (tertiary/aromatic N) is 3. The van der Waals surface area contributed by atoms with Crippen molar-refractivity contribution in [2.24, 2.45) is 0 Å². The maximum atomic E-state index is 12.9. The van der Waals surface area contributed by atoms with Gasteiger partial charge in [0.1, 0.15) is 0 Å². The Hall–Kier alpha value is -1.57. The summed E-state index contributed by atoms with van der Waals surface area (Å²) < 4.78 is 6.71. The van der Waals surface area contributed by atoms with Crippen LogP contribution in [-0.4, -0.2) is 52.9 Å². The number of fused-ring (bicyclic) bond motifs is 1. The van der Waals surface area contributed by atoms with Crippen LogP contribution in [0, 0.1) is 0 Å². The maximum Gasteiger partial charge on any atom is 0.262 e. The van der Waals surface area contributed by atoms with Crippen LogP contribution in [0.5, 0.6) is 0 Å². The molecule has 2 heterocycles. The van der Waals surface area contributed by atoms with Crippen LogP contribution in [0.3, 0.4) is 0 Å². The van der Waals surface area contributed by atoms with E-state index in [-0.39, 0.29) is 17.2 Å². The number of halogens is 1. The molecule has 1 aromatic heterocycles. The molecule has 1 aromatic carbocycles. The van der Waals surface area contributed by atoms with Gasteiger partial charge in [-0.15, -0.1) is 0 Å². The minimum Gasteiger partial charge on any atom is -0.383 e. The smallest absolute Gasteiger partial charge is 0.262 e. The van der Waals surface area contributed by atoms with E-state index in [1.54, 1.807) is 29.9 Å². The molecule has 1 fully saturated rings. The van der Waals surface area contributed by atoms with Gasteiger partial charge in [0.15, 0.2) is 5.16 Å². The van der Waals surface area contributed by atoms with Crippen molar-refractivity contribution >= 4 is 40.2 Å². The average molecular weight is 410 g/mol. The van der Waals surface area contributed by atoms with Crippen LogP contribution in [-0.2, 0) is 16.1 Å². The minimum absolute atomic E-state index is 0.0978. The van der Waals surface area contributed by atoms with E-state index in [0.717, 1.165) is 25.9 Å². The molecule has 27 heavy (non-hydrogen) atoms. The number of rotatable bonds is 6. The second-order valence-electron chi connectivity index (χ2n) is 6.59. The van der Waals surface area contributed by atoms with E-state index in [1.807, 2.05) is 4.90 Å². The van der Waals surface area contributed by atoms with Crippen LogP contribution in [0.15, 0.2) is 28.2 Å². The molecule has 0 radical (unpaired) electrons. The SMILES string of the molecule is COCCn1c(SCC(=O)N2CCCCCC2)nc2cc(Cl)ccc2c1=O. The number of aromatic nitrogens is 2. The van der Waals surface area contributed by atoms with Crippen molar-refractivity contribution in [3.05, 3.63) is 33.6 Å². The first-order chi connectivity index (χ1) is 13.1. The Morgan fingerprint density at radius 3 is 2.70 bits per heavy atom. The Morgan fingerprint density at radius 2 is 2.00 bits per heavy atom. The van der Waals surface area contributed by atoms with Crippen LogP contribution in [0.4, 0.5) is 0 Å². The number of hydrogen-bond donors (Lipinski definition) is 0. The second-order valence-corrected chi connectivity index (χ2v) is 7.97. The predicted molar refractivity (Wildman–Crippen MR) is 109 cm³/mol. The lowest BCUT2D eigenvalue weighted by Crippen LogP contribution is -2.33. The summed E-state index contributed by atoms with van der Waals surface area (Å²) >= 11 is 7.36. The summed E-state index contributed by atoms with van der Waals surface area (Å²) in [5.74, 6) is 0.367. The molecule has 8 heteroatoms. The largest absolute Gasteiger partial charge is 0.383 e. The van der Waals surface area contributed by atoms with E-state index in [1.165, 1.54) is 24.6 Å². The molecular formula is C19H24ClN3O3S. The van der Waals surface area contributed by atoms with Gasteiger partial charge in [-0.1, -0.05) is 36.2 Å². The summed E-state index contributed by atoms with van der Waals surface area (Å²) in [5, 5.41) is 1.56. The number of ether oxygens (including phenoxy) is 1. The van der Waals surface area contributed by atoms with E-state index >= 15 is 0 Å². The first kappa shape index (κ1) is 20.2. The van der Waals surface area contributed by atoms with Gasteiger partial charge in [0.25, 0.3) is 5.56 Å². The fourth-order valence-corrected chi connectivity index (χ4v) is 4.30. The quantitative estimate of drug-likeness (QED) is 0.541. The molecule has 1 aliphatic rings. The second kappa shape index (κ2) is 9.57. The molecular weight excluding hydrogens is 386 g/mol. The molecule has 0 atom stereocenters. The molecule has 0 N–H and O–H groups in total. The number of carbonyl (C=O) groups is 1. The first-order valence-corrected chi connectivity index (χ1v) is 10.6. The number of benzene rings is 1. The highest BCUT2D eigenvalue weighted by molar-refractivity contribution is 7.99. The summed E-state index contributed by atoms with van der Waals surface area (Å²) in [6.45, 7) is 2.42. The van der Waals surface area contributed by atoms with Gasteiger partial charge in [-0.25, -0.2) is 4.98 Å². The van der Waals surface area contributed by atoms with E-state index in [0.29, 0.717) is 34.2 Å². The Labute approximate surface area is 167 Å². The number of hydrogen-bond acceptors (Lipinski definition) is 5. The maximum absolute atomic E-state index is 12.9. The van der Waals surface area contributed by atoms with Crippen molar-refractivity contribution < 1.29 is 9.53 Å². The molecule has 6 nitrogen and oxygen atoms in total.